The molecular weight excluding hydrogens is 218 g/mol. The van der Waals surface area contributed by atoms with Crippen molar-refractivity contribution < 1.29 is 14.2 Å². The van der Waals surface area contributed by atoms with Crippen LogP contribution in [0.3, 0.4) is 0 Å². The third kappa shape index (κ3) is 9.53. The Labute approximate surface area is 106 Å². The molecule has 0 aromatic carbocycles. The molecule has 0 saturated carbocycles. The number of nitrogens with one attached hydrogen (secondary N) is 1. The van der Waals surface area contributed by atoms with E-state index in [-0.39, 0.29) is 6.10 Å². The van der Waals surface area contributed by atoms with E-state index in [1.54, 1.807) is 7.11 Å². The van der Waals surface area contributed by atoms with E-state index in [0.717, 1.165) is 19.4 Å². The molecule has 2 unspecified atom stereocenters. The van der Waals surface area contributed by atoms with Gasteiger partial charge in [0.2, 0.25) is 0 Å². The standard InChI is InChI=1S/C13H29NO3/c1-5-7-14-13(6-2)12(3)17-11-10-16-9-8-15-4/h12-14H,5-11H2,1-4H3. The molecule has 0 rings (SSSR count). The van der Waals surface area contributed by atoms with Crippen LogP contribution in [0.25, 0.3) is 0 Å². The molecule has 104 valence electrons. The van der Waals surface area contributed by atoms with Gasteiger partial charge in [-0.1, -0.05) is 13.8 Å². The molecule has 0 aromatic heterocycles. The van der Waals surface area contributed by atoms with Crippen LogP contribution in [0, 0.1) is 0 Å². The summed E-state index contributed by atoms with van der Waals surface area (Å²) in [6.45, 7) is 10.1. The molecule has 0 amide bonds. The van der Waals surface area contributed by atoms with Gasteiger partial charge in [-0.3, -0.25) is 0 Å². The zero-order valence-corrected chi connectivity index (χ0v) is 11.8. The van der Waals surface area contributed by atoms with Gasteiger partial charge in [-0.25, -0.2) is 0 Å². The second kappa shape index (κ2) is 12.3. The Morgan fingerprint density at radius 3 is 2.35 bits per heavy atom. The zero-order chi connectivity index (χ0) is 12.9. The smallest absolute Gasteiger partial charge is 0.0704 e. The molecule has 0 aliphatic heterocycles. The Morgan fingerprint density at radius 2 is 1.76 bits per heavy atom. The van der Waals surface area contributed by atoms with Crippen molar-refractivity contribution in [3.63, 3.8) is 0 Å². The minimum absolute atomic E-state index is 0.234. The number of rotatable bonds is 12. The average Bonchev–Trinajstić information content (AvgIpc) is 2.34. The molecule has 0 aromatic rings. The van der Waals surface area contributed by atoms with Gasteiger partial charge in [-0.05, 0) is 26.3 Å². The van der Waals surface area contributed by atoms with Gasteiger partial charge in [-0.15, -0.1) is 0 Å². The molecule has 1 N–H and O–H groups in total. The minimum atomic E-state index is 0.234. The first kappa shape index (κ1) is 16.8. The van der Waals surface area contributed by atoms with Crippen LogP contribution < -0.4 is 5.32 Å². The summed E-state index contributed by atoms with van der Waals surface area (Å²) in [4.78, 5) is 0. The topological polar surface area (TPSA) is 39.7 Å². The first-order valence-corrected chi connectivity index (χ1v) is 6.67. The van der Waals surface area contributed by atoms with Crippen molar-refractivity contribution in [3.8, 4) is 0 Å². The van der Waals surface area contributed by atoms with E-state index in [4.69, 9.17) is 14.2 Å². The van der Waals surface area contributed by atoms with Gasteiger partial charge in [0, 0.05) is 13.2 Å². The Hall–Kier alpha value is -0.160. The number of methoxy groups -OCH3 is 1. The van der Waals surface area contributed by atoms with E-state index in [1.807, 2.05) is 0 Å². The van der Waals surface area contributed by atoms with Gasteiger partial charge in [0.15, 0.2) is 0 Å². The van der Waals surface area contributed by atoms with Crippen LogP contribution in [0.1, 0.15) is 33.6 Å². The lowest BCUT2D eigenvalue weighted by atomic mass is 10.1. The summed E-state index contributed by atoms with van der Waals surface area (Å²) in [5, 5.41) is 3.49. The Kier molecular flexibility index (Phi) is 12.2. The maximum atomic E-state index is 5.74. The summed E-state index contributed by atoms with van der Waals surface area (Å²) in [5.74, 6) is 0. The Morgan fingerprint density at radius 1 is 1.06 bits per heavy atom. The molecule has 0 radical (unpaired) electrons. The van der Waals surface area contributed by atoms with Crippen LogP contribution in [0.4, 0.5) is 0 Å². The van der Waals surface area contributed by atoms with Crippen LogP contribution in [0.2, 0.25) is 0 Å². The highest BCUT2D eigenvalue weighted by Gasteiger charge is 2.14. The molecule has 0 spiro atoms. The first-order chi connectivity index (χ1) is 8.26. The van der Waals surface area contributed by atoms with Gasteiger partial charge < -0.3 is 19.5 Å². The zero-order valence-electron chi connectivity index (χ0n) is 11.8. The molecule has 0 saturated heterocycles. The number of ether oxygens (including phenoxy) is 3. The highest BCUT2D eigenvalue weighted by molar-refractivity contribution is 4.71. The van der Waals surface area contributed by atoms with Crippen molar-refractivity contribution in [2.24, 2.45) is 0 Å². The third-order valence-electron chi connectivity index (χ3n) is 2.70. The fraction of sp³-hybridized carbons (Fsp3) is 1.00. The highest BCUT2D eigenvalue weighted by atomic mass is 16.5. The molecule has 0 aliphatic carbocycles. The summed E-state index contributed by atoms with van der Waals surface area (Å²) >= 11 is 0. The van der Waals surface area contributed by atoms with E-state index in [0.29, 0.717) is 32.5 Å². The van der Waals surface area contributed by atoms with Crippen LogP contribution in [-0.4, -0.2) is 52.2 Å². The SMILES string of the molecule is CCCNC(CC)C(C)OCCOCCOC. The van der Waals surface area contributed by atoms with E-state index >= 15 is 0 Å². The summed E-state index contributed by atoms with van der Waals surface area (Å²) in [6.07, 6.45) is 2.48. The van der Waals surface area contributed by atoms with Crippen molar-refractivity contribution >= 4 is 0 Å². The monoisotopic (exact) mass is 247 g/mol. The van der Waals surface area contributed by atoms with Gasteiger partial charge in [-0.2, -0.15) is 0 Å². The van der Waals surface area contributed by atoms with Crippen LogP contribution in [0.15, 0.2) is 0 Å². The normalized spacial score (nSPS) is 14.8. The molecule has 4 heteroatoms. The maximum Gasteiger partial charge on any atom is 0.0704 e. The van der Waals surface area contributed by atoms with Crippen molar-refractivity contribution in [2.45, 2.75) is 45.8 Å². The maximum absolute atomic E-state index is 5.74. The fourth-order valence-electron chi connectivity index (χ4n) is 1.63. The van der Waals surface area contributed by atoms with Gasteiger partial charge in [0.05, 0.1) is 32.5 Å². The van der Waals surface area contributed by atoms with Crippen molar-refractivity contribution in [2.75, 3.05) is 40.1 Å². The average molecular weight is 247 g/mol. The van der Waals surface area contributed by atoms with E-state index in [2.05, 4.69) is 26.1 Å². The molecule has 4 nitrogen and oxygen atoms in total. The lowest BCUT2D eigenvalue weighted by molar-refractivity contribution is -0.0129. The number of hydrogen-bond acceptors (Lipinski definition) is 4. The third-order valence-corrected chi connectivity index (χ3v) is 2.70. The summed E-state index contributed by atoms with van der Waals surface area (Å²) < 4.78 is 16.0. The second-order valence-electron chi connectivity index (χ2n) is 4.15. The fourth-order valence-corrected chi connectivity index (χ4v) is 1.63. The van der Waals surface area contributed by atoms with Crippen molar-refractivity contribution in [1.82, 2.24) is 5.32 Å². The number of hydrogen-bond donors (Lipinski definition) is 1. The largest absolute Gasteiger partial charge is 0.382 e. The predicted molar refractivity (Wildman–Crippen MR) is 70.5 cm³/mol. The molecule has 2 atom stereocenters. The Balaban J connectivity index is 3.50. The summed E-state index contributed by atoms with van der Waals surface area (Å²) in [6, 6.07) is 0.439. The van der Waals surface area contributed by atoms with Crippen LogP contribution in [-0.2, 0) is 14.2 Å². The molecule has 0 fully saturated rings. The second-order valence-corrected chi connectivity index (χ2v) is 4.15. The molecular formula is C13H29NO3. The highest BCUT2D eigenvalue weighted by Crippen LogP contribution is 2.03. The molecule has 0 aliphatic rings. The van der Waals surface area contributed by atoms with E-state index < -0.39 is 0 Å². The lowest BCUT2D eigenvalue weighted by Crippen LogP contribution is -2.40. The van der Waals surface area contributed by atoms with Gasteiger partial charge in [0.1, 0.15) is 0 Å². The summed E-state index contributed by atoms with van der Waals surface area (Å²) in [5.41, 5.74) is 0. The van der Waals surface area contributed by atoms with Gasteiger partial charge in [0.25, 0.3) is 0 Å². The van der Waals surface area contributed by atoms with E-state index in [1.165, 1.54) is 0 Å². The predicted octanol–water partition coefficient (Wildman–Crippen LogP) is 1.83. The molecule has 0 bridgehead atoms. The summed E-state index contributed by atoms with van der Waals surface area (Å²) in [7, 11) is 1.67. The quantitative estimate of drug-likeness (QED) is 0.534. The van der Waals surface area contributed by atoms with E-state index in [9.17, 15) is 0 Å². The molecule has 0 heterocycles. The lowest BCUT2D eigenvalue weighted by Gasteiger charge is -2.24. The minimum Gasteiger partial charge on any atom is -0.382 e. The Bertz CT molecular complexity index is 156. The molecule has 17 heavy (non-hydrogen) atoms. The van der Waals surface area contributed by atoms with Crippen LogP contribution in [0.5, 0.6) is 0 Å². The van der Waals surface area contributed by atoms with Crippen LogP contribution >= 0.6 is 0 Å². The first-order valence-electron chi connectivity index (χ1n) is 6.67. The van der Waals surface area contributed by atoms with Gasteiger partial charge >= 0.3 is 0 Å². The van der Waals surface area contributed by atoms with Crippen molar-refractivity contribution in [3.05, 3.63) is 0 Å². The van der Waals surface area contributed by atoms with Crippen molar-refractivity contribution in [1.29, 1.82) is 0 Å².